The van der Waals surface area contributed by atoms with E-state index < -0.39 is 41.2 Å². The van der Waals surface area contributed by atoms with Crippen LogP contribution in [0.1, 0.15) is 45.7 Å². The molecule has 0 spiro atoms. The van der Waals surface area contributed by atoms with Crippen LogP contribution in [0.25, 0.3) is 0 Å². The molecule has 1 aromatic rings. The molecule has 2 amide bonds. The van der Waals surface area contributed by atoms with Gasteiger partial charge >= 0.3 is 5.97 Å². The van der Waals surface area contributed by atoms with E-state index in [2.05, 4.69) is 5.32 Å². The highest BCUT2D eigenvalue weighted by molar-refractivity contribution is 6.09. The number of fused-ring (bicyclic) bond motifs is 1. The molecule has 2 aliphatic heterocycles. The van der Waals surface area contributed by atoms with Crippen molar-refractivity contribution in [1.29, 1.82) is 0 Å². The number of carbonyl (C=O) groups excluding carboxylic acids is 2. The Morgan fingerprint density at radius 3 is 2.41 bits per heavy atom. The van der Waals surface area contributed by atoms with Crippen molar-refractivity contribution in [2.45, 2.75) is 51.7 Å². The van der Waals surface area contributed by atoms with E-state index in [1.54, 1.807) is 32.0 Å². The third-order valence-corrected chi connectivity index (χ3v) is 5.90. The van der Waals surface area contributed by atoms with Gasteiger partial charge in [-0.3, -0.25) is 24.6 Å². The van der Waals surface area contributed by atoms with E-state index in [-0.39, 0.29) is 29.9 Å². The van der Waals surface area contributed by atoms with Crippen molar-refractivity contribution in [3.05, 3.63) is 23.8 Å². The molecule has 3 N–H and O–H groups in total. The average Bonchev–Trinajstić information content (AvgIpc) is 3.09. The fourth-order valence-electron chi connectivity index (χ4n) is 4.87. The number of carboxylic acids is 1. The van der Waals surface area contributed by atoms with Gasteiger partial charge in [-0.2, -0.15) is 0 Å². The van der Waals surface area contributed by atoms with Gasteiger partial charge in [0.2, 0.25) is 11.8 Å². The van der Waals surface area contributed by atoms with Crippen LogP contribution in [0, 0.1) is 17.8 Å². The maximum Gasteiger partial charge on any atom is 0.324 e. The molecule has 2 aliphatic rings. The van der Waals surface area contributed by atoms with Crippen LogP contribution in [-0.4, -0.2) is 51.6 Å². The minimum Gasteiger partial charge on any atom is -0.504 e. The minimum absolute atomic E-state index is 0.0343. The van der Waals surface area contributed by atoms with E-state index in [0.29, 0.717) is 5.56 Å². The topological polar surface area (TPSA) is 116 Å². The van der Waals surface area contributed by atoms with Crippen LogP contribution in [0.5, 0.6) is 11.5 Å². The second-order valence-electron chi connectivity index (χ2n) is 8.54. The number of carboxylic acid groups (broad SMARTS) is 1. The number of rotatable bonds is 6. The number of aliphatic carboxylic acids is 1. The fourth-order valence-corrected chi connectivity index (χ4v) is 4.87. The van der Waals surface area contributed by atoms with Gasteiger partial charge in [0.1, 0.15) is 5.54 Å². The Labute approximate surface area is 169 Å². The number of nitrogens with zero attached hydrogens (tertiary/aromatic N) is 1. The number of likely N-dealkylation sites (tertiary alicyclic amines) is 1. The van der Waals surface area contributed by atoms with E-state index in [1.165, 1.54) is 12.0 Å². The summed E-state index contributed by atoms with van der Waals surface area (Å²) in [5.74, 6) is -4.01. The maximum absolute atomic E-state index is 13.2. The molecule has 158 valence electrons. The third-order valence-electron chi connectivity index (χ3n) is 5.90. The highest BCUT2D eigenvalue weighted by Gasteiger charge is 2.68. The minimum atomic E-state index is -1.60. The highest BCUT2D eigenvalue weighted by atomic mass is 16.5. The molecule has 2 fully saturated rings. The zero-order chi connectivity index (χ0) is 21.7. The van der Waals surface area contributed by atoms with Crippen LogP contribution in [-0.2, 0) is 14.4 Å². The van der Waals surface area contributed by atoms with E-state index >= 15 is 0 Å². The van der Waals surface area contributed by atoms with Crippen molar-refractivity contribution < 1.29 is 29.3 Å². The van der Waals surface area contributed by atoms with Crippen LogP contribution >= 0.6 is 0 Å². The lowest BCUT2D eigenvalue weighted by Crippen LogP contribution is -2.56. The predicted molar refractivity (Wildman–Crippen MR) is 104 cm³/mol. The molecule has 0 unspecified atom stereocenters. The van der Waals surface area contributed by atoms with Gasteiger partial charge in [-0.25, -0.2) is 0 Å². The van der Waals surface area contributed by atoms with Gasteiger partial charge < -0.3 is 14.9 Å². The SMILES string of the molecule is COc1cccc([C@@H]2N[C@](CC(C)C)(C(=O)O)[C@@H]3C(=O)N(C(C)C)C(=O)[C@H]32)c1O. The monoisotopic (exact) mass is 404 g/mol. The van der Waals surface area contributed by atoms with Gasteiger partial charge in [0.15, 0.2) is 11.5 Å². The largest absolute Gasteiger partial charge is 0.504 e. The summed E-state index contributed by atoms with van der Waals surface area (Å²) in [6.45, 7) is 7.21. The first-order chi connectivity index (χ1) is 13.6. The van der Waals surface area contributed by atoms with Gasteiger partial charge in [-0.1, -0.05) is 26.0 Å². The Morgan fingerprint density at radius 1 is 1.24 bits per heavy atom. The molecule has 2 saturated heterocycles. The van der Waals surface area contributed by atoms with Gasteiger partial charge in [-0.05, 0) is 32.3 Å². The summed E-state index contributed by atoms with van der Waals surface area (Å²) in [7, 11) is 1.41. The zero-order valence-corrected chi connectivity index (χ0v) is 17.3. The van der Waals surface area contributed by atoms with Crippen LogP contribution in [0.2, 0.25) is 0 Å². The number of imide groups is 1. The number of nitrogens with one attached hydrogen (secondary N) is 1. The molecule has 2 heterocycles. The Hall–Kier alpha value is -2.61. The summed E-state index contributed by atoms with van der Waals surface area (Å²) in [5.41, 5.74) is -1.26. The number of carbonyl (C=O) groups is 3. The van der Waals surface area contributed by atoms with E-state index in [4.69, 9.17) is 4.74 Å². The first-order valence-electron chi connectivity index (χ1n) is 9.80. The number of methoxy groups -OCH3 is 1. The van der Waals surface area contributed by atoms with Crippen molar-refractivity contribution >= 4 is 17.8 Å². The van der Waals surface area contributed by atoms with Crippen LogP contribution < -0.4 is 10.1 Å². The summed E-state index contributed by atoms with van der Waals surface area (Å²) in [6.07, 6.45) is 0.176. The standard InChI is InChI=1S/C21H28N2O6/c1-10(2)9-21(20(27)28)15-14(18(25)23(11(3)4)19(15)26)16(22-21)12-7-6-8-13(29-5)17(12)24/h6-8,10-11,14-16,22,24H,9H2,1-5H3,(H,27,28)/t14-,15+,16+,21+/m1/s1. The summed E-state index contributed by atoms with van der Waals surface area (Å²) in [5, 5.41) is 23.9. The summed E-state index contributed by atoms with van der Waals surface area (Å²) >= 11 is 0. The number of hydrogen-bond acceptors (Lipinski definition) is 6. The van der Waals surface area contributed by atoms with Crippen LogP contribution in [0.4, 0.5) is 0 Å². The first kappa shape index (κ1) is 21.1. The molecule has 0 bridgehead atoms. The lowest BCUT2D eigenvalue weighted by molar-refractivity contribution is -0.152. The lowest BCUT2D eigenvalue weighted by atomic mass is 9.75. The molecule has 0 aliphatic carbocycles. The molecule has 8 nitrogen and oxygen atoms in total. The number of amides is 2. The zero-order valence-electron chi connectivity index (χ0n) is 17.3. The Morgan fingerprint density at radius 2 is 1.90 bits per heavy atom. The molecule has 0 saturated carbocycles. The van der Waals surface area contributed by atoms with Gasteiger partial charge in [0, 0.05) is 17.6 Å². The van der Waals surface area contributed by atoms with Gasteiger partial charge in [0.05, 0.1) is 18.9 Å². The number of phenols is 1. The highest BCUT2D eigenvalue weighted by Crippen LogP contribution is 2.53. The summed E-state index contributed by atoms with van der Waals surface area (Å²) < 4.78 is 5.17. The first-order valence-corrected chi connectivity index (χ1v) is 9.80. The molecule has 0 aromatic heterocycles. The third kappa shape index (κ3) is 3.06. The number of hydrogen-bond donors (Lipinski definition) is 3. The van der Waals surface area contributed by atoms with E-state index in [9.17, 15) is 24.6 Å². The van der Waals surface area contributed by atoms with Crippen molar-refractivity contribution in [1.82, 2.24) is 10.2 Å². The Balaban J connectivity index is 2.21. The second-order valence-corrected chi connectivity index (χ2v) is 8.54. The van der Waals surface area contributed by atoms with Crippen molar-refractivity contribution in [3.8, 4) is 11.5 Å². The predicted octanol–water partition coefficient (Wildman–Crippen LogP) is 1.92. The molecular formula is C21H28N2O6. The smallest absolute Gasteiger partial charge is 0.324 e. The van der Waals surface area contributed by atoms with Crippen molar-refractivity contribution in [2.75, 3.05) is 7.11 Å². The number of para-hydroxylation sites is 1. The molecule has 3 rings (SSSR count). The van der Waals surface area contributed by atoms with Crippen molar-refractivity contribution in [2.24, 2.45) is 17.8 Å². The fraction of sp³-hybridized carbons (Fsp3) is 0.571. The van der Waals surface area contributed by atoms with E-state index in [1.807, 2.05) is 13.8 Å². The second kappa shape index (κ2) is 7.33. The number of benzene rings is 1. The normalized spacial score (nSPS) is 29.1. The molecular weight excluding hydrogens is 376 g/mol. The van der Waals surface area contributed by atoms with E-state index in [0.717, 1.165) is 0 Å². The number of aromatic hydroxyl groups is 1. The maximum atomic E-state index is 13.2. The summed E-state index contributed by atoms with van der Waals surface area (Å²) in [6, 6.07) is 3.65. The number of ether oxygens (including phenoxy) is 1. The average molecular weight is 404 g/mol. The van der Waals surface area contributed by atoms with Gasteiger partial charge in [0.25, 0.3) is 0 Å². The molecule has 8 heteroatoms. The summed E-state index contributed by atoms with van der Waals surface area (Å²) in [4.78, 5) is 40.1. The van der Waals surface area contributed by atoms with Crippen molar-refractivity contribution in [3.63, 3.8) is 0 Å². The van der Waals surface area contributed by atoms with Crippen LogP contribution in [0.15, 0.2) is 18.2 Å². The Bertz CT molecular complexity index is 852. The molecule has 29 heavy (non-hydrogen) atoms. The molecule has 1 aromatic carbocycles. The molecule has 4 atom stereocenters. The lowest BCUT2D eigenvalue weighted by Gasteiger charge is -2.33. The molecule has 0 radical (unpaired) electrons. The van der Waals surface area contributed by atoms with Crippen LogP contribution in [0.3, 0.4) is 0 Å². The quantitative estimate of drug-likeness (QED) is 0.620. The Kier molecular flexibility index (Phi) is 5.34. The van der Waals surface area contributed by atoms with Gasteiger partial charge in [-0.15, -0.1) is 0 Å². The number of phenolic OH excluding ortho intramolecular Hbond substituents is 1.